The zero-order valence-electron chi connectivity index (χ0n) is 18.8. The molecule has 0 radical (unpaired) electrons. The Morgan fingerprint density at radius 2 is 2.03 bits per heavy atom. The minimum atomic E-state index is -2.83. The lowest BCUT2D eigenvalue weighted by Gasteiger charge is -2.39. The van der Waals surface area contributed by atoms with E-state index in [4.69, 9.17) is 4.74 Å². The highest BCUT2D eigenvalue weighted by Gasteiger charge is 2.45. The van der Waals surface area contributed by atoms with E-state index in [1.807, 2.05) is 0 Å². The largest absolute Gasteiger partial charge is 0.385 e. The van der Waals surface area contributed by atoms with Crippen LogP contribution in [-0.4, -0.2) is 61.8 Å². The van der Waals surface area contributed by atoms with Crippen LogP contribution in [0.1, 0.15) is 24.1 Å². The van der Waals surface area contributed by atoms with E-state index in [0.29, 0.717) is 41.9 Å². The number of fused-ring (bicyclic) bond motifs is 1. The van der Waals surface area contributed by atoms with E-state index in [-0.39, 0.29) is 11.8 Å². The van der Waals surface area contributed by atoms with E-state index >= 15 is 0 Å². The number of imidazole rings is 1. The summed E-state index contributed by atoms with van der Waals surface area (Å²) in [6.07, 6.45) is 4.28. The Balaban J connectivity index is 1.89. The molecule has 34 heavy (non-hydrogen) atoms. The molecule has 1 aromatic carbocycles. The molecule has 0 saturated carbocycles. The van der Waals surface area contributed by atoms with Crippen LogP contribution in [0.2, 0.25) is 0 Å². The number of nitriles is 1. The summed E-state index contributed by atoms with van der Waals surface area (Å²) >= 11 is 0. The van der Waals surface area contributed by atoms with Crippen molar-refractivity contribution in [2.24, 2.45) is 0 Å². The molecule has 2 aromatic heterocycles. The summed E-state index contributed by atoms with van der Waals surface area (Å²) in [4.78, 5) is 30.3. The Bertz CT molecular complexity index is 1350. The molecule has 0 spiro atoms. The molecule has 0 amide bonds. The highest BCUT2D eigenvalue weighted by molar-refractivity contribution is 5.78. The first-order valence-corrected chi connectivity index (χ1v) is 10.7. The molecule has 1 fully saturated rings. The van der Waals surface area contributed by atoms with Gasteiger partial charge in [0.2, 0.25) is 5.95 Å². The summed E-state index contributed by atoms with van der Waals surface area (Å²) in [7, 11) is 1.61. The van der Waals surface area contributed by atoms with Crippen molar-refractivity contribution in [3.8, 4) is 12.0 Å². The lowest BCUT2D eigenvalue weighted by Crippen LogP contribution is -2.57. The maximum Gasteiger partial charge on any atom is 0.326 e. The average Bonchev–Trinajstić information content (AvgIpc) is 3.22. The van der Waals surface area contributed by atoms with Crippen LogP contribution in [0.4, 0.5) is 14.6 Å². The van der Waals surface area contributed by atoms with Gasteiger partial charge in [-0.3, -0.25) is 9.13 Å². The summed E-state index contributed by atoms with van der Waals surface area (Å²) < 4.78 is 35.3. The molecule has 0 unspecified atom stereocenters. The number of H-pyrrole nitrogens is 1. The van der Waals surface area contributed by atoms with Crippen LogP contribution >= 0.6 is 0 Å². The number of hydrogen-bond acceptors (Lipinski definition) is 7. The highest BCUT2D eigenvalue weighted by atomic mass is 19.3. The number of halogens is 2. The van der Waals surface area contributed by atoms with Crippen molar-refractivity contribution in [3.05, 3.63) is 52.6 Å². The zero-order valence-corrected chi connectivity index (χ0v) is 18.8. The first kappa shape index (κ1) is 23.3. The second kappa shape index (κ2) is 9.56. The third-order valence-corrected chi connectivity index (χ3v) is 5.44. The van der Waals surface area contributed by atoms with Crippen LogP contribution in [0.5, 0.6) is 0 Å². The standard InChI is InChI=1S/C22H24F2N8O2/c1-15-19(31-11-22(23,24)12-31)29-20(27-13-30(21(33)28-15)7-3-4-8-34-2)32-14-26-17-6-5-16(10-25)9-18(17)32/h5-6,9,13-14H,3-4,7-8,11-12H2,1-2H3,(H,28,33). The lowest BCUT2D eigenvalue weighted by atomic mass is 10.1. The minimum absolute atomic E-state index is 0.126. The van der Waals surface area contributed by atoms with Crippen LogP contribution in [0.3, 0.4) is 0 Å². The number of rotatable bonds is 7. The number of anilines is 1. The van der Waals surface area contributed by atoms with Crippen molar-refractivity contribution in [2.75, 3.05) is 31.7 Å². The molecule has 1 aliphatic heterocycles. The van der Waals surface area contributed by atoms with Gasteiger partial charge >= 0.3 is 5.69 Å². The number of ether oxygens (including phenoxy) is 1. The molecule has 1 N–H and O–H groups in total. The Kier molecular flexibility index (Phi) is 6.56. The molecule has 3 aromatic rings. The second-order valence-corrected chi connectivity index (χ2v) is 8.07. The summed E-state index contributed by atoms with van der Waals surface area (Å²) in [6.45, 7) is 1.52. The van der Waals surface area contributed by atoms with Crippen LogP contribution in [0.25, 0.3) is 17.0 Å². The molecule has 10 nitrogen and oxygen atoms in total. The van der Waals surface area contributed by atoms with E-state index in [9.17, 15) is 18.8 Å². The van der Waals surface area contributed by atoms with Gasteiger partial charge in [0.05, 0.1) is 41.4 Å². The van der Waals surface area contributed by atoms with Gasteiger partial charge in [-0.25, -0.2) is 23.5 Å². The molecule has 1 saturated heterocycles. The van der Waals surface area contributed by atoms with Crippen molar-refractivity contribution in [2.45, 2.75) is 32.2 Å². The Morgan fingerprint density at radius 1 is 1.24 bits per heavy atom. The molecule has 4 rings (SSSR count). The second-order valence-electron chi connectivity index (χ2n) is 8.07. The number of methoxy groups -OCH3 is 1. The quantitative estimate of drug-likeness (QED) is 0.527. The van der Waals surface area contributed by atoms with E-state index in [2.05, 4.69) is 26.0 Å². The van der Waals surface area contributed by atoms with Crippen molar-refractivity contribution >= 4 is 16.9 Å². The molecule has 178 valence electrons. The van der Waals surface area contributed by atoms with Crippen molar-refractivity contribution in [1.29, 1.82) is 5.26 Å². The number of aromatic amines is 1. The molecular formula is C22H24F2N8O2. The van der Waals surface area contributed by atoms with Gasteiger partial charge in [-0.15, -0.1) is 0 Å². The Hall–Kier alpha value is -3.85. The van der Waals surface area contributed by atoms with E-state index in [0.717, 1.165) is 6.42 Å². The maximum atomic E-state index is 13.6. The van der Waals surface area contributed by atoms with Crippen LogP contribution in [0, 0.1) is 18.3 Å². The van der Waals surface area contributed by atoms with Gasteiger partial charge in [-0.2, -0.15) is 10.2 Å². The van der Waals surface area contributed by atoms with Gasteiger partial charge < -0.3 is 14.6 Å². The highest BCUT2D eigenvalue weighted by Crippen LogP contribution is 2.31. The third kappa shape index (κ3) is 4.89. The maximum absolute atomic E-state index is 13.6. The van der Waals surface area contributed by atoms with Crippen molar-refractivity contribution in [1.82, 2.24) is 29.1 Å². The number of alkyl halides is 2. The smallest absolute Gasteiger partial charge is 0.326 e. The minimum Gasteiger partial charge on any atom is -0.385 e. The van der Waals surface area contributed by atoms with Crippen LogP contribution < -0.4 is 10.6 Å². The molecule has 0 aliphatic carbocycles. The Morgan fingerprint density at radius 3 is 2.74 bits per heavy atom. The summed E-state index contributed by atoms with van der Waals surface area (Å²) in [5.41, 5.74) is 1.49. The number of aryl methyl sites for hydroxylation is 2. The van der Waals surface area contributed by atoms with Gasteiger partial charge in [0, 0.05) is 20.3 Å². The van der Waals surface area contributed by atoms with Gasteiger partial charge in [0.15, 0.2) is 5.82 Å². The van der Waals surface area contributed by atoms with Crippen LogP contribution in [-0.2, 0) is 11.3 Å². The number of nitrogens with zero attached hydrogens (tertiary/aromatic N) is 7. The SMILES string of the molecule is COCCCCn1cnc(-n2cnc3ccc(C#N)cc32)nc(N2CC(F)(F)C2)c(C)[nH]c1=O. The van der Waals surface area contributed by atoms with Gasteiger partial charge in [-0.05, 0) is 38.0 Å². The number of hydrogen-bond donors (Lipinski definition) is 1. The van der Waals surface area contributed by atoms with Crippen molar-refractivity contribution in [3.63, 3.8) is 0 Å². The topological polar surface area (TPSA) is 118 Å². The van der Waals surface area contributed by atoms with Crippen molar-refractivity contribution < 1.29 is 13.5 Å². The average molecular weight is 470 g/mol. The normalized spacial score (nSPS) is 14.5. The predicted molar refractivity (Wildman–Crippen MR) is 121 cm³/mol. The summed E-state index contributed by atoms with van der Waals surface area (Å²) in [5, 5.41) is 9.29. The van der Waals surface area contributed by atoms with E-state index < -0.39 is 24.7 Å². The lowest BCUT2D eigenvalue weighted by molar-refractivity contribution is -0.0267. The van der Waals surface area contributed by atoms with Crippen LogP contribution in [0.15, 0.2) is 35.6 Å². The third-order valence-electron chi connectivity index (χ3n) is 5.44. The fraction of sp³-hybridized carbons (Fsp3) is 0.409. The molecule has 12 heteroatoms. The van der Waals surface area contributed by atoms with E-state index in [1.165, 1.54) is 22.1 Å². The Labute approximate surface area is 193 Å². The first-order valence-electron chi connectivity index (χ1n) is 10.7. The number of benzene rings is 1. The molecule has 0 atom stereocenters. The predicted octanol–water partition coefficient (Wildman–Crippen LogP) is 2.49. The molecule has 1 aliphatic rings. The summed E-state index contributed by atoms with van der Waals surface area (Å²) in [5.74, 6) is -2.52. The van der Waals surface area contributed by atoms with Gasteiger partial charge in [0.1, 0.15) is 12.7 Å². The number of aromatic nitrogens is 6. The van der Waals surface area contributed by atoms with Gasteiger partial charge in [-0.1, -0.05) is 0 Å². The van der Waals surface area contributed by atoms with Gasteiger partial charge in [0.25, 0.3) is 5.92 Å². The fourth-order valence-electron chi connectivity index (χ4n) is 3.68. The zero-order chi connectivity index (χ0) is 24.3. The molecule has 0 bridgehead atoms. The summed E-state index contributed by atoms with van der Waals surface area (Å²) in [6, 6.07) is 7.08. The number of nitrogens with one attached hydrogen (secondary N) is 1. The monoisotopic (exact) mass is 470 g/mol. The fourth-order valence-corrected chi connectivity index (χ4v) is 3.68. The first-order chi connectivity index (χ1) is 16.3. The number of unbranched alkanes of at least 4 members (excludes halogenated alkanes) is 1. The molecular weight excluding hydrogens is 446 g/mol. The molecule has 3 heterocycles. The van der Waals surface area contributed by atoms with E-state index in [1.54, 1.807) is 36.8 Å².